The molecule has 0 amide bonds. The summed E-state index contributed by atoms with van der Waals surface area (Å²) < 4.78 is 5.42. The number of rotatable bonds is 9. The highest BCUT2D eigenvalue weighted by atomic mass is 35.5. The summed E-state index contributed by atoms with van der Waals surface area (Å²) in [5, 5.41) is 13.0. The van der Waals surface area contributed by atoms with Gasteiger partial charge in [0.25, 0.3) is 0 Å². The fourth-order valence-electron chi connectivity index (χ4n) is 2.94. The van der Waals surface area contributed by atoms with Gasteiger partial charge in [-0.2, -0.15) is 20.2 Å². The van der Waals surface area contributed by atoms with Crippen LogP contribution in [0, 0.1) is 0 Å². The molecule has 8 nitrogen and oxygen atoms in total. The molecule has 10 heteroatoms. The third-order valence-corrected chi connectivity index (χ3v) is 5.11. The van der Waals surface area contributed by atoms with Crippen molar-refractivity contribution in [3.63, 3.8) is 0 Å². The molecule has 0 atom stereocenters. The summed E-state index contributed by atoms with van der Waals surface area (Å²) >= 11 is 11.9. The maximum Gasteiger partial charge on any atom is 0.247 e. The number of ether oxygens (including phenoxy) is 1. The highest BCUT2D eigenvalue weighted by molar-refractivity contribution is 6.30. The van der Waals surface area contributed by atoms with E-state index in [-0.39, 0.29) is 5.95 Å². The van der Waals surface area contributed by atoms with Crippen molar-refractivity contribution >= 4 is 58.9 Å². The van der Waals surface area contributed by atoms with Crippen molar-refractivity contribution < 1.29 is 4.74 Å². The minimum atomic E-state index is 0.263. The summed E-state index contributed by atoms with van der Waals surface area (Å²) in [6.45, 7) is 0. The molecule has 0 spiro atoms. The minimum absolute atomic E-state index is 0.263. The Balaban J connectivity index is 1.55. The van der Waals surface area contributed by atoms with Crippen molar-refractivity contribution in [1.29, 1.82) is 0 Å². The molecule has 0 radical (unpaired) electrons. The van der Waals surface area contributed by atoms with Crippen molar-refractivity contribution in [2.45, 2.75) is 0 Å². The highest BCUT2D eigenvalue weighted by Gasteiger charge is 2.07. The molecule has 1 aromatic heterocycles. The van der Waals surface area contributed by atoms with Crippen LogP contribution in [0.5, 0.6) is 5.75 Å². The number of benzene rings is 3. The first-order valence-corrected chi connectivity index (χ1v) is 11.2. The van der Waals surface area contributed by atoms with E-state index in [9.17, 15) is 0 Å². The molecule has 3 N–H and O–H groups in total. The second kappa shape index (κ2) is 11.8. The van der Waals surface area contributed by atoms with Gasteiger partial charge in [-0.25, -0.2) is 5.43 Å². The molecule has 0 aliphatic carbocycles. The van der Waals surface area contributed by atoms with Gasteiger partial charge in [-0.05, 0) is 47.5 Å². The molecule has 3 aromatic carbocycles. The van der Waals surface area contributed by atoms with E-state index in [4.69, 9.17) is 27.9 Å². The van der Waals surface area contributed by atoms with Gasteiger partial charge in [-0.1, -0.05) is 59.6 Å². The molecule has 0 saturated carbocycles. The van der Waals surface area contributed by atoms with E-state index < -0.39 is 0 Å². The SMILES string of the molecule is COc1ccccc1Nc1cc(NN=Cc2ccc(Cl)cc2)nc(NN=Cc2ccc(Cl)cc2)n1. The van der Waals surface area contributed by atoms with Crippen LogP contribution in [0.15, 0.2) is 89.1 Å². The Bertz CT molecular complexity index is 1250. The Kier molecular flexibility index (Phi) is 8.11. The number of nitrogens with zero attached hydrogens (tertiary/aromatic N) is 4. The summed E-state index contributed by atoms with van der Waals surface area (Å²) in [6.07, 6.45) is 3.31. The fraction of sp³-hybridized carbons (Fsp3) is 0.0400. The van der Waals surface area contributed by atoms with Gasteiger partial charge in [0.2, 0.25) is 5.95 Å². The van der Waals surface area contributed by atoms with Crippen molar-refractivity contribution in [3.8, 4) is 5.75 Å². The van der Waals surface area contributed by atoms with Crippen LogP contribution in [0.4, 0.5) is 23.3 Å². The maximum absolute atomic E-state index is 5.93. The second-order valence-corrected chi connectivity index (χ2v) is 8.00. The van der Waals surface area contributed by atoms with Crippen LogP contribution in [0.25, 0.3) is 0 Å². The standard InChI is InChI=1S/C25H21Cl2N7O/c1-35-22-5-3-2-4-21(22)30-23-14-24(33-28-15-17-6-10-19(26)11-7-17)32-25(31-23)34-29-16-18-8-12-20(27)13-9-18/h2-16H,1H3,(H3,30,31,32,33,34). The number of hydrogen-bond acceptors (Lipinski definition) is 8. The van der Waals surface area contributed by atoms with E-state index in [1.54, 1.807) is 49.9 Å². The summed E-state index contributed by atoms with van der Waals surface area (Å²) in [4.78, 5) is 8.93. The fourth-order valence-corrected chi connectivity index (χ4v) is 3.19. The second-order valence-electron chi connectivity index (χ2n) is 7.13. The lowest BCUT2D eigenvalue weighted by molar-refractivity contribution is 0.417. The van der Waals surface area contributed by atoms with E-state index in [2.05, 4.69) is 36.3 Å². The zero-order valence-electron chi connectivity index (χ0n) is 18.6. The minimum Gasteiger partial charge on any atom is -0.495 e. The van der Waals surface area contributed by atoms with Gasteiger partial charge in [0, 0.05) is 16.1 Å². The van der Waals surface area contributed by atoms with E-state index in [0.717, 1.165) is 16.8 Å². The number of hydrazone groups is 2. The van der Waals surface area contributed by atoms with E-state index in [1.807, 2.05) is 48.5 Å². The Labute approximate surface area is 212 Å². The van der Waals surface area contributed by atoms with E-state index in [1.165, 1.54) is 0 Å². The number of hydrogen-bond donors (Lipinski definition) is 3. The van der Waals surface area contributed by atoms with Crippen LogP contribution in [-0.2, 0) is 0 Å². The zero-order chi connectivity index (χ0) is 24.5. The lowest BCUT2D eigenvalue weighted by Crippen LogP contribution is -2.04. The molecule has 4 rings (SSSR count). The monoisotopic (exact) mass is 505 g/mol. The number of para-hydroxylation sites is 2. The Morgan fingerprint density at radius 1 is 0.743 bits per heavy atom. The van der Waals surface area contributed by atoms with Crippen LogP contribution < -0.4 is 20.9 Å². The van der Waals surface area contributed by atoms with Crippen molar-refractivity contribution in [2.75, 3.05) is 23.3 Å². The first-order valence-electron chi connectivity index (χ1n) is 10.5. The van der Waals surface area contributed by atoms with Crippen molar-refractivity contribution in [3.05, 3.63) is 100 Å². The highest BCUT2D eigenvalue weighted by Crippen LogP contribution is 2.27. The predicted octanol–water partition coefficient (Wildman–Crippen LogP) is 6.43. The topological polar surface area (TPSA) is 95.8 Å². The summed E-state index contributed by atoms with van der Waals surface area (Å²) in [6, 6.07) is 23.9. The predicted molar refractivity (Wildman–Crippen MR) is 144 cm³/mol. The van der Waals surface area contributed by atoms with Crippen LogP contribution >= 0.6 is 23.2 Å². The van der Waals surface area contributed by atoms with Gasteiger partial charge in [0.05, 0.1) is 25.2 Å². The van der Waals surface area contributed by atoms with Gasteiger partial charge in [-0.15, -0.1) is 0 Å². The maximum atomic E-state index is 5.93. The lowest BCUT2D eigenvalue weighted by atomic mass is 10.2. The van der Waals surface area contributed by atoms with E-state index in [0.29, 0.717) is 27.4 Å². The number of halogens is 2. The molecule has 0 aliphatic rings. The average molecular weight is 506 g/mol. The van der Waals surface area contributed by atoms with Gasteiger partial charge in [0.15, 0.2) is 5.82 Å². The third-order valence-electron chi connectivity index (χ3n) is 4.61. The Hall–Kier alpha value is -4.14. The number of nitrogens with one attached hydrogen (secondary N) is 3. The smallest absolute Gasteiger partial charge is 0.247 e. The molecule has 0 saturated heterocycles. The normalized spacial score (nSPS) is 11.1. The van der Waals surface area contributed by atoms with Gasteiger partial charge in [-0.3, -0.25) is 5.43 Å². The van der Waals surface area contributed by atoms with Crippen LogP contribution in [-0.4, -0.2) is 29.5 Å². The molecule has 35 heavy (non-hydrogen) atoms. The van der Waals surface area contributed by atoms with Crippen LogP contribution in [0.2, 0.25) is 10.0 Å². The van der Waals surface area contributed by atoms with Gasteiger partial charge < -0.3 is 10.1 Å². The Morgan fingerprint density at radius 3 is 1.94 bits per heavy atom. The number of methoxy groups -OCH3 is 1. The van der Waals surface area contributed by atoms with E-state index >= 15 is 0 Å². The Morgan fingerprint density at radius 2 is 1.31 bits per heavy atom. The molecule has 1 heterocycles. The molecule has 176 valence electrons. The summed E-state index contributed by atoms with van der Waals surface area (Å²) in [7, 11) is 1.61. The van der Waals surface area contributed by atoms with Crippen molar-refractivity contribution in [2.24, 2.45) is 10.2 Å². The van der Waals surface area contributed by atoms with Gasteiger partial charge in [0.1, 0.15) is 11.6 Å². The molecular weight excluding hydrogens is 485 g/mol. The molecule has 0 unspecified atom stereocenters. The third kappa shape index (κ3) is 7.17. The van der Waals surface area contributed by atoms with Gasteiger partial charge >= 0.3 is 0 Å². The quantitative estimate of drug-likeness (QED) is 0.179. The average Bonchev–Trinajstić information content (AvgIpc) is 2.87. The first kappa shape index (κ1) is 24.0. The lowest BCUT2D eigenvalue weighted by Gasteiger charge is -2.12. The number of aromatic nitrogens is 2. The summed E-state index contributed by atoms with van der Waals surface area (Å²) in [5.74, 6) is 1.90. The molecule has 0 bridgehead atoms. The molecule has 4 aromatic rings. The largest absolute Gasteiger partial charge is 0.495 e. The van der Waals surface area contributed by atoms with Crippen LogP contribution in [0.3, 0.4) is 0 Å². The summed E-state index contributed by atoms with van der Waals surface area (Å²) in [5.41, 5.74) is 8.28. The first-order chi connectivity index (χ1) is 17.1. The number of anilines is 4. The molecule has 0 aliphatic heterocycles. The molecular formula is C25H21Cl2N7O. The van der Waals surface area contributed by atoms with Crippen molar-refractivity contribution in [1.82, 2.24) is 9.97 Å². The molecule has 0 fully saturated rings. The van der Waals surface area contributed by atoms with Crippen LogP contribution in [0.1, 0.15) is 11.1 Å². The zero-order valence-corrected chi connectivity index (χ0v) is 20.1.